The molecular weight excluding hydrogens is 515 g/mol. The molecule has 160 valence electrons. The van der Waals surface area contributed by atoms with Crippen LogP contribution in [0.3, 0.4) is 0 Å². The maximum Gasteiger partial charge on any atom is 0.196 e. The van der Waals surface area contributed by atoms with Crippen LogP contribution < -0.4 is 20.1 Å². The van der Waals surface area contributed by atoms with Gasteiger partial charge in [0.2, 0.25) is 0 Å². The lowest BCUT2D eigenvalue weighted by atomic mass is 10.2. The number of fused-ring (bicyclic) bond motifs is 1. The van der Waals surface area contributed by atoms with Gasteiger partial charge in [0.1, 0.15) is 12.4 Å². The van der Waals surface area contributed by atoms with Crippen LogP contribution in [0.1, 0.15) is 22.9 Å². The summed E-state index contributed by atoms with van der Waals surface area (Å²) in [4.78, 5) is 5.93. The van der Waals surface area contributed by atoms with E-state index in [1.165, 1.54) is 4.88 Å². The van der Waals surface area contributed by atoms with E-state index in [4.69, 9.17) is 14.5 Å². The first kappa shape index (κ1) is 22.3. The Labute approximate surface area is 196 Å². The Bertz CT molecular complexity index is 989. The second-order valence-electron chi connectivity index (χ2n) is 6.66. The van der Waals surface area contributed by atoms with Gasteiger partial charge >= 0.3 is 0 Å². The summed E-state index contributed by atoms with van der Waals surface area (Å²) >= 11 is 1.70. The number of aromatic nitrogens is 3. The number of rotatable bonds is 5. The molecule has 10 heteroatoms. The van der Waals surface area contributed by atoms with Crippen molar-refractivity contribution in [3.8, 4) is 11.5 Å². The fourth-order valence-electron chi connectivity index (χ4n) is 2.84. The van der Waals surface area contributed by atoms with Gasteiger partial charge in [-0.1, -0.05) is 6.07 Å². The molecule has 4 rings (SSSR count). The third-order valence-electron chi connectivity index (χ3n) is 4.58. The lowest BCUT2D eigenvalue weighted by Gasteiger charge is -2.14. The second-order valence-corrected chi connectivity index (χ2v) is 7.69. The van der Waals surface area contributed by atoms with Crippen LogP contribution in [0, 0.1) is 6.92 Å². The summed E-state index contributed by atoms with van der Waals surface area (Å²) in [6.07, 6.45) is 0.879. The summed E-state index contributed by atoms with van der Waals surface area (Å²) in [6, 6.07) is 9.96. The zero-order valence-electron chi connectivity index (χ0n) is 16.9. The number of anilines is 1. The average Bonchev–Trinajstić information content (AvgIpc) is 3.28. The van der Waals surface area contributed by atoms with Crippen molar-refractivity contribution >= 4 is 47.0 Å². The van der Waals surface area contributed by atoms with E-state index in [2.05, 4.69) is 32.3 Å². The monoisotopic (exact) mass is 540 g/mol. The van der Waals surface area contributed by atoms with E-state index in [0.717, 1.165) is 35.3 Å². The zero-order valence-corrected chi connectivity index (χ0v) is 20.1. The standard InChI is InChI=1S/C20H24N6O2S.HI/c1-14-24-25-19(26(14)2)13-22-20(21-12-16-5-3-10-29-16)23-15-6-7-17-18(11-15)28-9-4-8-27-17;/h3,5-7,10-11H,4,8-9,12-13H2,1-2H3,(H2,21,22,23);1H. The lowest BCUT2D eigenvalue weighted by Crippen LogP contribution is -2.30. The van der Waals surface area contributed by atoms with Crippen LogP contribution in [0.5, 0.6) is 11.5 Å². The first-order valence-electron chi connectivity index (χ1n) is 9.51. The predicted octanol–water partition coefficient (Wildman–Crippen LogP) is 3.72. The number of aliphatic imine (C=N–C) groups is 1. The number of hydrogen-bond acceptors (Lipinski definition) is 6. The summed E-state index contributed by atoms with van der Waals surface area (Å²) in [5.74, 6) is 3.84. The van der Waals surface area contributed by atoms with Crippen molar-refractivity contribution in [2.75, 3.05) is 18.5 Å². The fourth-order valence-corrected chi connectivity index (χ4v) is 3.48. The Morgan fingerprint density at radius 2 is 2.03 bits per heavy atom. The van der Waals surface area contributed by atoms with Gasteiger partial charge in [0, 0.05) is 30.1 Å². The molecule has 0 amide bonds. The van der Waals surface area contributed by atoms with Crippen LogP contribution in [0.15, 0.2) is 40.7 Å². The Kier molecular flexibility index (Phi) is 7.91. The van der Waals surface area contributed by atoms with Gasteiger partial charge in [0.25, 0.3) is 0 Å². The normalized spacial score (nSPS) is 13.3. The van der Waals surface area contributed by atoms with Crippen LogP contribution in [-0.4, -0.2) is 33.9 Å². The highest BCUT2D eigenvalue weighted by molar-refractivity contribution is 14.0. The molecule has 0 radical (unpaired) electrons. The Morgan fingerprint density at radius 3 is 2.77 bits per heavy atom. The molecule has 1 aromatic carbocycles. The minimum absolute atomic E-state index is 0. The van der Waals surface area contributed by atoms with Gasteiger partial charge in [-0.3, -0.25) is 0 Å². The summed E-state index contributed by atoms with van der Waals surface area (Å²) < 4.78 is 13.4. The quantitative estimate of drug-likeness (QED) is 0.292. The molecule has 1 aliphatic rings. The van der Waals surface area contributed by atoms with Crippen molar-refractivity contribution in [2.45, 2.75) is 26.4 Å². The van der Waals surface area contributed by atoms with Crippen LogP contribution in [0.2, 0.25) is 0 Å². The van der Waals surface area contributed by atoms with Gasteiger partial charge in [0.15, 0.2) is 23.3 Å². The number of nitrogens with zero attached hydrogens (tertiary/aromatic N) is 4. The first-order chi connectivity index (χ1) is 14.2. The lowest BCUT2D eigenvalue weighted by molar-refractivity contribution is 0.297. The summed E-state index contributed by atoms with van der Waals surface area (Å²) in [5.41, 5.74) is 0.876. The number of benzene rings is 1. The van der Waals surface area contributed by atoms with Gasteiger partial charge in [-0.2, -0.15) is 0 Å². The molecule has 8 nitrogen and oxygen atoms in total. The molecule has 0 bridgehead atoms. The molecule has 3 heterocycles. The minimum Gasteiger partial charge on any atom is -0.490 e. The van der Waals surface area contributed by atoms with E-state index < -0.39 is 0 Å². The molecule has 2 aromatic heterocycles. The molecule has 3 aromatic rings. The predicted molar refractivity (Wildman–Crippen MR) is 129 cm³/mol. The number of ether oxygens (including phenoxy) is 2. The second kappa shape index (κ2) is 10.6. The number of aryl methyl sites for hydroxylation is 1. The van der Waals surface area contributed by atoms with Crippen molar-refractivity contribution < 1.29 is 9.47 Å². The topological polar surface area (TPSA) is 85.6 Å². The molecule has 0 aliphatic carbocycles. The van der Waals surface area contributed by atoms with Gasteiger partial charge in [-0.15, -0.1) is 45.5 Å². The molecule has 0 spiro atoms. The molecule has 0 atom stereocenters. The van der Waals surface area contributed by atoms with Gasteiger partial charge in [0.05, 0.1) is 19.8 Å². The summed E-state index contributed by atoms with van der Waals surface area (Å²) in [5, 5.41) is 17.1. The van der Waals surface area contributed by atoms with E-state index in [0.29, 0.717) is 32.3 Å². The number of halogens is 1. The molecular formula is C20H25IN6O2S. The van der Waals surface area contributed by atoms with Gasteiger partial charge in [-0.25, -0.2) is 4.99 Å². The number of hydrogen-bond donors (Lipinski definition) is 2. The fraction of sp³-hybridized carbons (Fsp3) is 0.350. The van der Waals surface area contributed by atoms with Crippen LogP contribution >= 0.6 is 35.3 Å². The van der Waals surface area contributed by atoms with Crippen molar-refractivity contribution in [3.63, 3.8) is 0 Å². The highest BCUT2D eigenvalue weighted by atomic mass is 127. The van der Waals surface area contributed by atoms with E-state index in [-0.39, 0.29) is 24.0 Å². The van der Waals surface area contributed by atoms with Gasteiger partial charge in [-0.05, 0) is 30.5 Å². The SMILES string of the molecule is Cc1nnc(CN=C(NCc2cccs2)Nc2ccc3c(c2)OCCCO3)n1C.I. The first-order valence-corrected chi connectivity index (χ1v) is 10.4. The third-order valence-corrected chi connectivity index (χ3v) is 5.46. The van der Waals surface area contributed by atoms with Crippen molar-refractivity contribution in [3.05, 3.63) is 52.2 Å². The highest BCUT2D eigenvalue weighted by Gasteiger charge is 2.12. The molecule has 0 fully saturated rings. The smallest absolute Gasteiger partial charge is 0.196 e. The van der Waals surface area contributed by atoms with E-state index in [1.54, 1.807) is 11.3 Å². The van der Waals surface area contributed by atoms with E-state index in [1.807, 2.05) is 42.8 Å². The molecule has 0 unspecified atom stereocenters. The maximum absolute atomic E-state index is 5.79. The minimum atomic E-state index is 0. The van der Waals surface area contributed by atoms with Crippen LogP contribution in [0.4, 0.5) is 5.69 Å². The summed E-state index contributed by atoms with van der Waals surface area (Å²) in [6.45, 7) is 4.35. The zero-order chi connectivity index (χ0) is 20.1. The molecule has 30 heavy (non-hydrogen) atoms. The maximum atomic E-state index is 5.79. The van der Waals surface area contributed by atoms with E-state index in [9.17, 15) is 0 Å². The molecule has 1 aliphatic heterocycles. The van der Waals surface area contributed by atoms with Gasteiger partial charge < -0.3 is 24.7 Å². The Balaban J connectivity index is 0.00000256. The Morgan fingerprint density at radius 1 is 1.20 bits per heavy atom. The van der Waals surface area contributed by atoms with Crippen LogP contribution in [-0.2, 0) is 20.1 Å². The number of thiophene rings is 1. The number of guanidine groups is 1. The van der Waals surface area contributed by atoms with Crippen molar-refractivity contribution in [1.82, 2.24) is 20.1 Å². The molecule has 0 saturated heterocycles. The molecule has 0 saturated carbocycles. The Hall–Kier alpha value is -2.34. The van der Waals surface area contributed by atoms with Crippen molar-refractivity contribution in [1.29, 1.82) is 0 Å². The number of nitrogens with one attached hydrogen (secondary N) is 2. The average molecular weight is 540 g/mol. The highest BCUT2D eigenvalue weighted by Crippen LogP contribution is 2.32. The third kappa shape index (κ3) is 5.63. The largest absolute Gasteiger partial charge is 0.490 e. The molecule has 2 N–H and O–H groups in total. The van der Waals surface area contributed by atoms with Crippen LogP contribution in [0.25, 0.3) is 0 Å². The van der Waals surface area contributed by atoms with Crippen molar-refractivity contribution in [2.24, 2.45) is 12.0 Å². The van der Waals surface area contributed by atoms with E-state index >= 15 is 0 Å². The summed E-state index contributed by atoms with van der Waals surface area (Å²) in [7, 11) is 1.94.